The zero-order chi connectivity index (χ0) is 23.0. The molecule has 2 aromatic rings. The van der Waals surface area contributed by atoms with Gasteiger partial charge in [-0.05, 0) is 42.7 Å². The molecular weight excluding hydrogens is 436 g/mol. The molecule has 0 fully saturated rings. The van der Waals surface area contributed by atoms with Crippen LogP contribution >= 0.6 is 11.6 Å². The second-order valence-corrected chi connectivity index (χ2v) is 7.99. The first kappa shape index (κ1) is 21.5. The van der Waals surface area contributed by atoms with Crippen LogP contribution in [-0.2, 0) is 11.3 Å². The summed E-state index contributed by atoms with van der Waals surface area (Å²) in [5.74, 6) is -1.94. The SMILES string of the molecule is Cc1ccc(NC(=O)NCc2cccc3c2C(=O)N(C2CCC(=O)[NH+]=C2O)C3=O)cc1Cl. The van der Waals surface area contributed by atoms with E-state index in [0.717, 1.165) is 10.5 Å². The number of amides is 5. The summed E-state index contributed by atoms with van der Waals surface area (Å²) in [7, 11) is 0. The van der Waals surface area contributed by atoms with Crippen LogP contribution in [0.4, 0.5) is 10.5 Å². The molecular formula is C22H20ClN4O5+. The second kappa shape index (κ2) is 8.43. The number of fused-ring (bicyclic) bond motifs is 1. The van der Waals surface area contributed by atoms with Crippen molar-refractivity contribution >= 4 is 46.9 Å². The van der Waals surface area contributed by atoms with E-state index in [0.29, 0.717) is 16.3 Å². The molecule has 2 aromatic carbocycles. The van der Waals surface area contributed by atoms with E-state index in [4.69, 9.17) is 11.6 Å². The number of nitrogens with one attached hydrogen (secondary N) is 3. The maximum Gasteiger partial charge on any atom is 0.388 e. The Morgan fingerprint density at radius 3 is 2.72 bits per heavy atom. The van der Waals surface area contributed by atoms with Gasteiger partial charge in [-0.1, -0.05) is 29.8 Å². The van der Waals surface area contributed by atoms with E-state index < -0.39 is 29.8 Å². The van der Waals surface area contributed by atoms with E-state index in [1.54, 1.807) is 30.3 Å². The lowest BCUT2D eigenvalue weighted by Gasteiger charge is -2.22. The van der Waals surface area contributed by atoms with Gasteiger partial charge in [-0.15, -0.1) is 4.99 Å². The molecule has 4 rings (SSSR count). The number of hydrogen-bond acceptors (Lipinski definition) is 4. The lowest BCUT2D eigenvalue weighted by molar-refractivity contribution is -0.394. The molecule has 0 bridgehead atoms. The third-order valence-electron chi connectivity index (χ3n) is 5.44. The van der Waals surface area contributed by atoms with Crippen molar-refractivity contribution in [1.82, 2.24) is 10.2 Å². The van der Waals surface area contributed by atoms with Crippen molar-refractivity contribution in [2.45, 2.75) is 32.4 Å². The van der Waals surface area contributed by atoms with Crippen molar-refractivity contribution in [3.63, 3.8) is 0 Å². The monoisotopic (exact) mass is 455 g/mol. The number of hydrogen-bond donors (Lipinski definition) is 4. The summed E-state index contributed by atoms with van der Waals surface area (Å²) in [6.45, 7) is 1.85. The smallest absolute Gasteiger partial charge is 0.388 e. The third-order valence-corrected chi connectivity index (χ3v) is 5.85. The van der Waals surface area contributed by atoms with Gasteiger partial charge in [0.05, 0.1) is 17.5 Å². The highest BCUT2D eigenvalue weighted by Gasteiger charge is 2.46. The van der Waals surface area contributed by atoms with Gasteiger partial charge in [0.25, 0.3) is 11.8 Å². The first-order chi connectivity index (χ1) is 15.3. The summed E-state index contributed by atoms with van der Waals surface area (Å²) < 4.78 is 0. The number of urea groups is 1. The van der Waals surface area contributed by atoms with Crippen LogP contribution in [0.5, 0.6) is 0 Å². The molecule has 0 aliphatic carbocycles. The molecule has 2 aliphatic rings. The minimum Gasteiger partial charge on any atom is -0.462 e. The molecule has 0 aromatic heterocycles. The van der Waals surface area contributed by atoms with E-state index in [9.17, 15) is 24.3 Å². The lowest BCUT2D eigenvalue weighted by Crippen LogP contribution is -2.82. The number of anilines is 1. The Labute approximate surface area is 188 Å². The Morgan fingerprint density at radius 1 is 1.22 bits per heavy atom. The highest BCUT2D eigenvalue weighted by molar-refractivity contribution is 6.31. The van der Waals surface area contributed by atoms with Crippen LogP contribution in [0.1, 0.15) is 44.7 Å². The zero-order valence-electron chi connectivity index (χ0n) is 17.1. The quantitative estimate of drug-likeness (QED) is 0.516. The molecule has 0 saturated carbocycles. The van der Waals surface area contributed by atoms with Crippen LogP contribution < -0.4 is 15.6 Å². The van der Waals surface area contributed by atoms with Gasteiger partial charge in [-0.2, -0.15) is 0 Å². The van der Waals surface area contributed by atoms with Crippen molar-refractivity contribution in [3.05, 3.63) is 63.7 Å². The number of imide groups is 1. The highest BCUT2D eigenvalue weighted by atomic mass is 35.5. The Bertz CT molecular complexity index is 1190. The number of aliphatic hydroxyl groups is 1. The van der Waals surface area contributed by atoms with Crippen molar-refractivity contribution < 1.29 is 29.3 Å². The fourth-order valence-electron chi connectivity index (χ4n) is 3.77. The lowest BCUT2D eigenvalue weighted by atomic mass is 10.0. The molecule has 9 nitrogen and oxygen atoms in total. The van der Waals surface area contributed by atoms with E-state index in [-0.39, 0.29) is 36.4 Å². The van der Waals surface area contributed by atoms with Gasteiger partial charge in [0, 0.05) is 17.3 Å². The number of rotatable bonds is 4. The van der Waals surface area contributed by atoms with Gasteiger partial charge in [0.15, 0.2) is 6.04 Å². The number of carbonyl (C=O) groups is 4. The summed E-state index contributed by atoms with van der Waals surface area (Å²) in [4.78, 5) is 53.0. The fourth-order valence-corrected chi connectivity index (χ4v) is 3.95. The number of carbonyl (C=O) groups excluding carboxylic acids is 4. The number of aliphatic hydroxyl groups excluding tert-OH is 1. The molecule has 0 radical (unpaired) electrons. The molecule has 2 aliphatic heterocycles. The molecule has 4 N–H and O–H groups in total. The van der Waals surface area contributed by atoms with Gasteiger partial charge in [-0.25, -0.2) is 9.59 Å². The van der Waals surface area contributed by atoms with Crippen LogP contribution in [0.3, 0.4) is 0 Å². The van der Waals surface area contributed by atoms with Crippen molar-refractivity contribution in [2.75, 3.05) is 5.32 Å². The molecule has 0 saturated heterocycles. The summed E-state index contributed by atoms with van der Waals surface area (Å²) in [5, 5.41) is 16.0. The highest BCUT2D eigenvalue weighted by Crippen LogP contribution is 2.29. The van der Waals surface area contributed by atoms with Crippen molar-refractivity contribution in [1.29, 1.82) is 0 Å². The van der Waals surface area contributed by atoms with Crippen LogP contribution in [0.2, 0.25) is 5.02 Å². The van der Waals surface area contributed by atoms with Crippen LogP contribution in [-0.4, -0.2) is 45.7 Å². The fraction of sp³-hybridized carbons (Fsp3) is 0.227. The number of nitrogens with zero attached hydrogens (tertiary/aromatic N) is 1. The predicted molar refractivity (Wildman–Crippen MR) is 116 cm³/mol. The predicted octanol–water partition coefficient (Wildman–Crippen LogP) is 1.29. The van der Waals surface area contributed by atoms with E-state index in [2.05, 4.69) is 15.6 Å². The average molecular weight is 456 g/mol. The Morgan fingerprint density at radius 2 is 2.00 bits per heavy atom. The summed E-state index contributed by atoms with van der Waals surface area (Å²) in [6.07, 6.45) is 0.220. The van der Waals surface area contributed by atoms with Gasteiger partial charge in [0.2, 0.25) is 0 Å². The number of aryl methyl sites for hydroxylation is 1. The molecule has 1 atom stereocenters. The third kappa shape index (κ3) is 3.94. The topological polar surface area (TPSA) is 130 Å². The largest absolute Gasteiger partial charge is 0.462 e. The Balaban J connectivity index is 1.50. The maximum atomic E-state index is 13.1. The summed E-state index contributed by atoms with van der Waals surface area (Å²) >= 11 is 6.07. The van der Waals surface area contributed by atoms with Crippen LogP contribution in [0.15, 0.2) is 36.4 Å². The minimum absolute atomic E-state index is 0.00143. The van der Waals surface area contributed by atoms with E-state index in [1.165, 1.54) is 6.07 Å². The molecule has 164 valence electrons. The Kier molecular flexibility index (Phi) is 5.67. The average Bonchev–Trinajstić information content (AvgIpc) is 3.00. The normalized spacial score (nSPS) is 17.8. The molecule has 2 heterocycles. The summed E-state index contributed by atoms with van der Waals surface area (Å²) in [6, 6.07) is 8.47. The number of benzene rings is 2. The van der Waals surface area contributed by atoms with Gasteiger partial charge in [-0.3, -0.25) is 14.5 Å². The molecule has 0 spiro atoms. The van der Waals surface area contributed by atoms with E-state index >= 15 is 0 Å². The van der Waals surface area contributed by atoms with E-state index in [1.807, 2.05) is 6.92 Å². The Hall–Kier alpha value is -3.72. The van der Waals surface area contributed by atoms with Crippen LogP contribution in [0.25, 0.3) is 0 Å². The molecule has 10 heteroatoms. The first-order valence-corrected chi connectivity index (χ1v) is 10.3. The maximum absolute atomic E-state index is 13.1. The van der Waals surface area contributed by atoms with Gasteiger partial charge < -0.3 is 15.7 Å². The first-order valence-electron chi connectivity index (χ1n) is 9.92. The van der Waals surface area contributed by atoms with Crippen LogP contribution in [0, 0.1) is 6.92 Å². The zero-order valence-corrected chi connectivity index (χ0v) is 17.8. The van der Waals surface area contributed by atoms with Gasteiger partial charge >= 0.3 is 17.8 Å². The summed E-state index contributed by atoms with van der Waals surface area (Å²) in [5.41, 5.74) is 2.20. The standard InChI is InChI=1S/C22H19ClN4O5/c1-11-5-6-13(9-15(11)23)25-22(32)24-10-12-3-2-4-14-18(12)21(31)27(20(14)30)16-7-8-17(28)26-19(16)29/h2-6,9,16H,7-8,10H2,1H3,(H2,24,25,32)(H,26,28,29)/p+1. The molecule has 5 amide bonds. The molecule has 1 unspecified atom stereocenters. The van der Waals surface area contributed by atoms with Crippen molar-refractivity contribution in [3.8, 4) is 0 Å². The van der Waals surface area contributed by atoms with Gasteiger partial charge in [0.1, 0.15) is 0 Å². The second-order valence-electron chi connectivity index (χ2n) is 7.58. The number of halogens is 1. The van der Waals surface area contributed by atoms with Crippen molar-refractivity contribution in [2.24, 2.45) is 0 Å². The minimum atomic E-state index is -0.935. The molecule has 32 heavy (non-hydrogen) atoms.